The summed E-state index contributed by atoms with van der Waals surface area (Å²) in [5.41, 5.74) is 0.441. The molecule has 0 atom stereocenters. The Bertz CT molecular complexity index is 762. The van der Waals surface area contributed by atoms with Gasteiger partial charge >= 0.3 is 0 Å². The van der Waals surface area contributed by atoms with E-state index in [1.165, 1.54) is 12.1 Å². The van der Waals surface area contributed by atoms with Gasteiger partial charge in [-0.15, -0.1) is 0 Å². The average Bonchev–Trinajstić information content (AvgIpc) is 2.48. The third-order valence-corrected chi connectivity index (χ3v) is 3.87. The van der Waals surface area contributed by atoms with E-state index in [1.54, 1.807) is 36.4 Å². The first kappa shape index (κ1) is 15.0. The molecule has 0 spiro atoms. The predicted octanol–water partition coefficient (Wildman–Crippen LogP) is 1.62. The van der Waals surface area contributed by atoms with Crippen molar-refractivity contribution in [1.82, 2.24) is 4.98 Å². The van der Waals surface area contributed by atoms with Crippen molar-refractivity contribution in [2.45, 2.75) is 11.3 Å². The fraction of sp³-hybridized carbons (Fsp3) is 0.133. The lowest BCUT2D eigenvalue weighted by molar-refractivity contribution is 0.305. The summed E-state index contributed by atoms with van der Waals surface area (Å²) in [6.07, 6.45) is 0.349. The van der Waals surface area contributed by atoms with Crippen LogP contribution in [0, 0.1) is 11.8 Å². The SMILES string of the molecule is O=S(=O)(Nc1cccc(C#CCCO)n1)c1ccccc1. The molecule has 2 aromatic rings. The molecule has 108 valence electrons. The van der Waals surface area contributed by atoms with Crippen LogP contribution in [0.5, 0.6) is 0 Å². The predicted molar refractivity (Wildman–Crippen MR) is 80.1 cm³/mol. The fourth-order valence-corrected chi connectivity index (χ4v) is 2.59. The molecular weight excluding hydrogens is 288 g/mol. The highest BCUT2D eigenvalue weighted by atomic mass is 32.2. The number of aromatic nitrogens is 1. The van der Waals surface area contributed by atoms with Crippen LogP contribution in [0.3, 0.4) is 0 Å². The monoisotopic (exact) mass is 302 g/mol. The number of aliphatic hydroxyl groups is 1. The molecule has 0 radical (unpaired) electrons. The minimum Gasteiger partial charge on any atom is -0.395 e. The van der Waals surface area contributed by atoms with Gasteiger partial charge in [0.25, 0.3) is 10.0 Å². The highest BCUT2D eigenvalue weighted by Gasteiger charge is 2.13. The van der Waals surface area contributed by atoms with E-state index in [4.69, 9.17) is 5.11 Å². The maximum atomic E-state index is 12.2. The molecular formula is C15H14N2O3S. The summed E-state index contributed by atoms with van der Waals surface area (Å²) >= 11 is 0. The topological polar surface area (TPSA) is 79.3 Å². The normalized spacial score (nSPS) is 10.5. The largest absolute Gasteiger partial charge is 0.395 e. The molecule has 5 nitrogen and oxygen atoms in total. The molecule has 0 amide bonds. The molecule has 0 unspecified atom stereocenters. The zero-order valence-electron chi connectivity index (χ0n) is 11.2. The van der Waals surface area contributed by atoms with Gasteiger partial charge in [-0.25, -0.2) is 13.4 Å². The highest BCUT2D eigenvalue weighted by molar-refractivity contribution is 7.92. The van der Waals surface area contributed by atoms with Crippen molar-refractivity contribution in [2.75, 3.05) is 11.3 Å². The number of nitrogens with zero attached hydrogens (tertiary/aromatic N) is 1. The van der Waals surface area contributed by atoms with E-state index >= 15 is 0 Å². The summed E-state index contributed by atoms with van der Waals surface area (Å²) in [4.78, 5) is 4.28. The first-order chi connectivity index (χ1) is 10.1. The molecule has 0 aliphatic carbocycles. The van der Waals surface area contributed by atoms with Gasteiger partial charge in [-0.3, -0.25) is 4.72 Å². The minimum atomic E-state index is -3.66. The maximum absolute atomic E-state index is 12.2. The Kier molecular flexibility index (Phi) is 4.93. The third kappa shape index (κ3) is 4.31. The van der Waals surface area contributed by atoms with E-state index in [1.807, 2.05) is 0 Å². The molecule has 0 aliphatic rings. The van der Waals surface area contributed by atoms with E-state index < -0.39 is 10.0 Å². The van der Waals surface area contributed by atoms with Crippen LogP contribution in [0.1, 0.15) is 12.1 Å². The summed E-state index contributed by atoms with van der Waals surface area (Å²) in [7, 11) is -3.66. The average molecular weight is 302 g/mol. The van der Waals surface area contributed by atoms with Crippen molar-refractivity contribution in [3.8, 4) is 11.8 Å². The molecule has 2 rings (SSSR count). The number of rotatable bonds is 4. The van der Waals surface area contributed by atoms with Crippen LogP contribution >= 0.6 is 0 Å². The zero-order chi connectivity index (χ0) is 15.1. The molecule has 1 heterocycles. The van der Waals surface area contributed by atoms with Gasteiger partial charge in [0.05, 0.1) is 11.5 Å². The highest BCUT2D eigenvalue weighted by Crippen LogP contribution is 2.13. The molecule has 0 saturated carbocycles. The van der Waals surface area contributed by atoms with Gasteiger partial charge in [0.1, 0.15) is 11.5 Å². The summed E-state index contributed by atoms with van der Waals surface area (Å²) in [5, 5.41) is 8.66. The van der Waals surface area contributed by atoms with Gasteiger partial charge in [-0.2, -0.15) is 0 Å². The number of hydrogen-bond donors (Lipinski definition) is 2. The third-order valence-electron chi connectivity index (χ3n) is 2.49. The number of sulfonamides is 1. The number of anilines is 1. The lowest BCUT2D eigenvalue weighted by atomic mass is 10.3. The number of benzene rings is 1. The molecule has 21 heavy (non-hydrogen) atoms. The second kappa shape index (κ2) is 6.88. The first-order valence-electron chi connectivity index (χ1n) is 6.26. The Morgan fingerprint density at radius 3 is 2.57 bits per heavy atom. The lowest BCUT2D eigenvalue weighted by Crippen LogP contribution is -2.13. The van der Waals surface area contributed by atoms with E-state index in [2.05, 4.69) is 21.5 Å². The van der Waals surface area contributed by atoms with E-state index in [-0.39, 0.29) is 17.3 Å². The Hall–Kier alpha value is -2.36. The molecule has 0 fully saturated rings. The van der Waals surface area contributed by atoms with Crippen LogP contribution in [0.2, 0.25) is 0 Å². The second-order valence-electron chi connectivity index (χ2n) is 4.10. The smallest absolute Gasteiger partial charge is 0.263 e. The van der Waals surface area contributed by atoms with Gasteiger partial charge < -0.3 is 5.11 Å². The molecule has 2 N–H and O–H groups in total. The number of pyridine rings is 1. The van der Waals surface area contributed by atoms with E-state index in [9.17, 15) is 8.42 Å². The Labute approximate surface area is 123 Å². The van der Waals surface area contributed by atoms with Gasteiger partial charge in [0.15, 0.2) is 0 Å². The van der Waals surface area contributed by atoms with Gasteiger partial charge in [0.2, 0.25) is 0 Å². The quantitative estimate of drug-likeness (QED) is 0.841. The second-order valence-corrected chi connectivity index (χ2v) is 5.78. The summed E-state index contributed by atoms with van der Waals surface area (Å²) in [5.74, 6) is 5.69. The minimum absolute atomic E-state index is 0.0205. The fourth-order valence-electron chi connectivity index (χ4n) is 1.57. The first-order valence-corrected chi connectivity index (χ1v) is 7.75. The van der Waals surface area contributed by atoms with Gasteiger partial charge in [-0.05, 0) is 30.2 Å². The number of aliphatic hydroxyl groups excluding tert-OH is 1. The van der Waals surface area contributed by atoms with Crippen LogP contribution in [-0.2, 0) is 10.0 Å². The van der Waals surface area contributed by atoms with Crippen LogP contribution in [0.25, 0.3) is 0 Å². The van der Waals surface area contributed by atoms with Crippen molar-refractivity contribution in [2.24, 2.45) is 0 Å². The summed E-state index contributed by atoms with van der Waals surface area (Å²) in [6, 6.07) is 13.0. The van der Waals surface area contributed by atoms with Gasteiger partial charge in [0, 0.05) is 6.42 Å². The lowest BCUT2D eigenvalue weighted by Gasteiger charge is -2.07. The van der Waals surface area contributed by atoms with Gasteiger partial charge in [-0.1, -0.05) is 30.2 Å². The van der Waals surface area contributed by atoms with Crippen molar-refractivity contribution >= 4 is 15.8 Å². The standard InChI is InChI=1S/C15H14N2O3S/c18-12-5-4-7-13-8-6-11-15(16-13)17-21(19,20)14-9-2-1-3-10-14/h1-3,6,8-11,18H,5,12H2,(H,16,17). The number of nitrogens with one attached hydrogen (secondary N) is 1. The molecule has 0 aliphatic heterocycles. The van der Waals surface area contributed by atoms with Crippen molar-refractivity contribution in [3.05, 3.63) is 54.2 Å². The van der Waals surface area contributed by atoms with Crippen LogP contribution in [0.15, 0.2) is 53.4 Å². The molecule has 1 aromatic heterocycles. The molecule has 0 bridgehead atoms. The Morgan fingerprint density at radius 2 is 1.86 bits per heavy atom. The summed E-state index contributed by atoms with van der Waals surface area (Å²) < 4.78 is 26.7. The number of hydrogen-bond acceptors (Lipinski definition) is 4. The molecule has 0 saturated heterocycles. The van der Waals surface area contributed by atoms with E-state index in [0.717, 1.165) is 0 Å². The van der Waals surface area contributed by atoms with E-state index in [0.29, 0.717) is 12.1 Å². The molecule has 6 heteroatoms. The van der Waals surface area contributed by atoms with Crippen LogP contribution in [0.4, 0.5) is 5.82 Å². The zero-order valence-corrected chi connectivity index (χ0v) is 12.0. The Balaban J connectivity index is 2.21. The van der Waals surface area contributed by atoms with Crippen LogP contribution < -0.4 is 4.72 Å². The van der Waals surface area contributed by atoms with Crippen molar-refractivity contribution in [3.63, 3.8) is 0 Å². The van der Waals surface area contributed by atoms with Crippen LogP contribution in [-0.4, -0.2) is 25.1 Å². The maximum Gasteiger partial charge on any atom is 0.263 e. The molecule has 1 aromatic carbocycles. The Morgan fingerprint density at radius 1 is 1.10 bits per heavy atom. The van der Waals surface area contributed by atoms with Crippen molar-refractivity contribution in [1.29, 1.82) is 0 Å². The van der Waals surface area contributed by atoms with Crippen molar-refractivity contribution < 1.29 is 13.5 Å². The summed E-state index contributed by atoms with van der Waals surface area (Å²) in [6.45, 7) is -0.0205.